The van der Waals surface area contributed by atoms with Crippen LogP contribution in [0.15, 0.2) is 18.2 Å². The van der Waals surface area contributed by atoms with Gasteiger partial charge in [-0.1, -0.05) is 30.9 Å². The van der Waals surface area contributed by atoms with E-state index in [1.54, 1.807) is 0 Å². The van der Waals surface area contributed by atoms with Gasteiger partial charge in [0.05, 0.1) is 10.6 Å². The van der Waals surface area contributed by atoms with E-state index >= 15 is 0 Å². The van der Waals surface area contributed by atoms with Crippen LogP contribution in [0.2, 0.25) is 5.02 Å². The largest absolute Gasteiger partial charge is 0.353 e. The molecule has 6 nitrogen and oxygen atoms in total. The second-order valence-electron chi connectivity index (χ2n) is 8.13. The summed E-state index contributed by atoms with van der Waals surface area (Å²) in [5, 5.41) is 5.65. The fourth-order valence-corrected chi connectivity index (χ4v) is 4.46. The monoisotopic (exact) mass is 437 g/mol. The standard InChI is InChI=1S/C22H29ClFN3O3/c23-19-14-16(24)6-7-18(19)21(29)25-11-8-20(28)26-17-9-12-27(13-10-17)22(30)15-4-2-1-3-5-15/h6-7,14-15,17H,1-5,8-13H2,(H,25,29)(H,26,28). The molecule has 0 unspecified atom stereocenters. The smallest absolute Gasteiger partial charge is 0.252 e. The maximum Gasteiger partial charge on any atom is 0.252 e. The van der Waals surface area contributed by atoms with Crippen LogP contribution in [0.1, 0.15) is 61.7 Å². The van der Waals surface area contributed by atoms with Crippen molar-refractivity contribution in [3.05, 3.63) is 34.6 Å². The lowest BCUT2D eigenvalue weighted by molar-refractivity contribution is -0.137. The fourth-order valence-electron chi connectivity index (χ4n) is 4.21. The van der Waals surface area contributed by atoms with Crippen LogP contribution in [-0.4, -0.2) is 48.3 Å². The van der Waals surface area contributed by atoms with Crippen molar-refractivity contribution in [2.45, 2.75) is 57.4 Å². The Hall–Kier alpha value is -2.15. The van der Waals surface area contributed by atoms with Gasteiger partial charge < -0.3 is 15.5 Å². The predicted molar refractivity (Wildman–Crippen MR) is 113 cm³/mol. The first-order valence-corrected chi connectivity index (χ1v) is 11.1. The minimum Gasteiger partial charge on any atom is -0.353 e. The molecule has 3 rings (SSSR count). The van der Waals surface area contributed by atoms with Crippen molar-refractivity contribution in [1.29, 1.82) is 0 Å². The number of hydrogen-bond acceptors (Lipinski definition) is 3. The van der Waals surface area contributed by atoms with E-state index in [2.05, 4.69) is 10.6 Å². The number of likely N-dealkylation sites (tertiary alicyclic amines) is 1. The first-order valence-electron chi connectivity index (χ1n) is 10.8. The third-order valence-electron chi connectivity index (χ3n) is 5.94. The summed E-state index contributed by atoms with van der Waals surface area (Å²) in [6, 6.07) is 3.61. The number of carbonyl (C=O) groups excluding carboxylic acids is 3. The Kier molecular flexibility index (Phi) is 8.08. The molecule has 0 bridgehead atoms. The van der Waals surface area contributed by atoms with E-state index in [1.165, 1.54) is 18.6 Å². The SMILES string of the molecule is O=C(CCNC(=O)c1ccc(F)cc1Cl)NC1CCN(C(=O)C2CCCCC2)CC1. The van der Waals surface area contributed by atoms with Crippen LogP contribution >= 0.6 is 11.6 Å². The topological polar surface area (TPSA) is 78.5 Å². The molecule has 2 fully saturated rings. The van der Waals surface area contributed by atoms with E-state index in [0.29, 0.717) is 13.1 Å². The Morgan fingerprint density at radius 1 is 1.07 bits per heavy atom. The zero-order chi connectivity index (χ0) is 21.5. The van der Waals surface area contributed by atoms with Crippen LogP contribution in [0.3, 0.4) is 0 Å². The molecule has 0 spiro atoms. The van der Waals surface area contributed by atoms with Crippen LogP contribution in [0.25, 0.3) is 0 Å². The van der Waals surface area contributed by atoms with Crippen LogP contribution in [0.4, 0.5) is 4.39 Å². The summed E-state index contributed by atoms with van der Waals surface area (Å²) >= 11 is 5.87. The second kappa shape index (κ2) is 10.8. The van der Waals surface area contributed by atoms with Crippen molar-refractivity contribution in [2.75, 3.05) is 19.6 Å². The lowest BCUT2D eigenvalue weighted by Gasteiger charge is -2.35. The quantitative estimate of drug-likeness (QED) is 0.716. The number of nitrogens with one attached hydrogen (secondary N) is 2. The number of carbonyl (C=O) groups is 3. The van der Waals surface area contributed by atoms with Crippen LogP contribution < -0.4 is 10.6 Å². The highest BCUT2D eigenvalue weighted by molar-refractivity contribution is 6.33. The molecule has 1 aromatic carbocycles. The van der Waals surface area contributed by atoms with Gasteiger partial charge in [0.1, 0.15) is 5.82 Å². The summed E-state index contributed by atoms with van der Waals surface area (Å²) in [6.45, 7) is 1.53. The van der Waals surface area contributed by atoms with Gasteiger partial charge in [-0.2, -0.15) is 0 Å². The average Bonchev–Trinajstić information content (AvgIpc) is 2.74. The summed E-state index contributed by atoms with van der Waals surface area (Å²) in [7, 11) is 0. The summed E-state index contributed by atoms with van der Waals surface area (Å²) in [4.78, 5) is 38.8. The first-order chi connectivity index (χ1) is 14.4. The van der Waals surface area contributed by atoms with Crippen LogP contribution in [0.5, 0.6) is 0 Å². The molecule has 1 saturated heterocycles. The third-order valence-corrected chi connectivity index (χ3v) is 6.25. The van der Waals surface area contributed by atoms with Crippen molar-refractivity contribution in [3.63, 3.8) is 0 Å². The average molecular weight is 438 g/mol. The van der Waals surface area contributed by atoms with Crippen molar-refractivity contribution >= 4 is 29.3 Å². The van der Waals surface area contributed by atoms with E-state index in [9.17, 15) is 18.8 Å². The van der Waals surface area contributed by atoms with Crippen molar-refractivity contribution in [3.8, 4) is 0 Å². The van der Waals surface area contributed by atoms with E-state index in [0.717, 1.165) is 44.6 Å². The van der Waals surface area contributed by atoms with Gasteiger partial charge in [0, 0.05) is 38.0 Å². The van der Waals surface area contributed by atoms with Crippen molar-refractivity contribution in [1.82, 2.24) is 15.5 Å². The Bertz CT molecular complexity index is 775. The van der Waals surface area contributed by atoms with Gasteiger partial charge in [0.2, 0.25) is 11.8 Å². The molecule has 1 saturated carbocycles. The van der Waals surface area contributed by atoms with E-state index < -0.39 is 11.7 Å². The molecule has 2 aliphatic rings. The normalized spacial score (nSPS) is 18.1. The molecule has 1 aromatic rings. The summed E-state index contributed by atoms with van der Waals surface area (Å²) in [6.07, 6.45) is 7.18. The molecule has 30 heavy (non-hydrogen) atoms. The molecule has 1 aliphatic heterocycles. The second-order valence-corrected chi connectivity index (χ2v) is 8.54. The molecule has 164 valence electrons. The first kappa shape index (κ1) is 22.5. The Labute approximate surface area is 181 Å². The molecule has 3 amide bonds. The lowest BCUT2D eigenvalue weighted by Crippen LogP contribution is -2.48. The van der Waals surface area contributed by atoms with Gasteiger partial charge in [0.15, 0.2) is 0 Å². The summed E-state index contributed by atoms with van der Waals surface area (Å²) in [5.74, 6) is -0.632. The molecule has 0 atom stereocenters. The number of halogens is 2. The zero-order valence-electron chi connectivity index (χ0n) is 17.1. The minimum absolute atomic E-state index is 0.0338. The highest BCUT2D eigenvalue weighted by atomic mass is 35.5. The Balaban J connectivity index is 1.34. The molecule has 1 heterocycles. The fraction of sp³-hybridized carbons (Fsp3) is 0.591. The molecule has 2 N–H and O–H groups in total. The maximum atomic E-state index is 13.1. The van der Waals surface area contributed by atoms with Crippen molar-refractivity contribution < 1.29 is 18.8 Å². The van der Waals surface area contributed by atoms with Crippen LogP contribution in [0, 0.1) is 11.7 Å². The van der Waals surface area contributed by atoms with Crippen LogP contribution in [-0.2, 0) is 9.59 Å². The molecule has 1 aliphatic carbocycles. The highest BCUT2D eigenvalue weighted by Crippen LogP contribution is 2.26. The van der Waals surface area contributed by atoms with Gasteiger partial charge in [-0.15, -0.1) is 0 Å². The van der Waals surface area contributed by atoms with Gasteiger partial charge >= 0.3 is 0 Å². The number of piperidine rings is 1. The number of hydrogen-bond donors (Lipinski definition) is 2. The maximum absolute atomic E-state index is 13.1. The van der Waals surface area contributed by atoms with Gasteiger partial charge in [-0.25, -0.2) is 4.39 Å². The molecule has 0 radical (unpaired) electrons. The highest BCUT2D eigenvalue weighted by Gasteiger charge is 2.29. The zero-order valence-corrected chi connectivity index (χ0v) is 17.8. The van der Waals surface area contributed by atoms with Gasteiger partial charge in [-0.3, -0.25) is 14.4 Å². The van der Waals surface area contributed by atoms with E-state index in [-0.39, 0.29) is 47.3 Å². The Morgan fingerprint density at radius 3 is 2.43 bits per heavy atom. The lowest BCUT2D eigenvalue weighted by atomic mass is 9.87. The molecule has 8 heteroatoms. The Morgan fingerprint density at radius 2 is 1.77 bits per heavy atom. The van der Waals surface area contributed by atoms with Gasteiger partial charge in [-0.05, 0) is 43.9 Å². The molecular weight excluding hydrogens is 409 g/mol. The number of amides is 3. The van der Waals surface area contributed by atoms with E-state index in [1.807, 2.05) is 4.90 Å². The van der Waals surface area contributed by atoms with Crippen molar-refractivity contribution in [2.24, 2.45) is 5.92 Å². The van der Waals surface area contributed by atoms with E-state index in [4.69, 9.17) is 11.6 Å². The third kappa shape index (κ3) is 6.17. The number of nitrogens with zero attached hydrogens (tertiary/aromatic N) is 1. The molecular formula is C22H29ClFN3O3. The number of rotatable bonds is 6. The molecule has 0 aromatic heterocycles. The van der Waals surface area contributed by atoms with Gasteiger partial charge in [0.25, 0.3) is 5.91 Å². The summed E-state index contributed by atoms with van der Waals surface area (Å²) < 4.78 is 13.1. The summed E-state index contributed by atoms with van der Waals surface area (Å²) in [5.41, 5.74) is 0.175. The predicted octanol–water partition coefficient (Wildman–Crippen LogP) is 3.29. The minimum atomic E-state index is -0.512. The number of benzene rings is 1.